The summed E-state index contributed by atoms with van der Waals surface area (Å²) < 4.78 is 26.0. The van der Waals surface area contributed by atoms with E-state index in [4.69, 9.17) is 5.73 Å². The van der Waals surface area contributed by atoms with Crippen LogP contribution in [0.1, 0.15) is 0 Å². The van der Waals surface area contributed by atoms with Crippen LogP contribution in [0.4, 0.5) is 5.69 Å². The highest BCUT2D eigenvalue weighted by Gasteiger charge is 2.24. The molecular formula is C10H15ClN4O5S. The van der Waals surface area contributed by atoms with E-state index in [0.717, 1.165) is 12.1 Å². The summed E-state index contributed by atoms with van der Waals surface area (Å²) in [5, 5.41) is 13.1. The van der Waals surface area contributed by atoms with E-state index in [1.165, 1.54) is 12.1 Å². The summed E-state index contributed by atoms with van der Waals surface area (Å²) in [5.74, 6) is -0.421. The number of hydrogen-bond donors (Lipinski definition) is 3. The van der Waals surface area contributed by atoms with Crippen LogP contribution in [0.3, 0.4) is 0 Å². The summed E-state index contributed by atoms with van der Waals surface area (Å²) in [4.78, 5) is 20.4. The van der Waals surface area contributed by atoms with Gasteiger partial charge in [-0.25, -0.2) is 13.1 Å². The fourth-order valence-corrected chi connectivity index (χ4v) is 2.57. The largest absolute Gasteiger partial charge is 0.354 e. The first-order valence-corrected chi connectivity index (χ1v) is 7.06. The SMILES string of the molecule is Cl.NCC(=O)NCCNS(=O)(=O)c1ccccc1[N+](=O)[O-]. The Labute approximate surface area is 127 Å². The number of amides is 1. The molecule has 1 amide bonds. The zero-order valence-corrected chi connectivity index (χ0v) is 12.4. The second-order valence-electron chi connectivity index (χ2n) is 3.68. The molecule has 0 spiro atoms. The third kappa shape index (κ3) is 5.63. The van der Waals surface area contributed by atoms with Gasteiger partial charge >= 0.3 is 0 Å². The van der Waals surface area contributed by atoms with Crippen molar-refractivity contribution in [2.24, 2.45) is 5.73 Å². The summed E-state index contributed by atoms with van der Waals surface area (Å²) in [5.41, 5.74) is 4.55. The number of nitrogens with one attached hydrogen (secondary N) is 2. The number of sulfonamides is 1. The van der Waals surface area contributed by atoms with Crippen LogP contribution in [-0.2, 0) is 14.8 Å². The standard InChI is InChI=1S/C10H14N4O5S.ClH/c11-7-10(15)12-5-6-13-20(18,19)9-4-2-1-3-8(9)14(16)17;/h1-4,13H,5-7,11H2,(H,12,15);1H. The minimum absolute atomic E-state index is 0. The van der Waals surface area contributed by atoms with Crippen molar-refractivity contribution in [1.82, 2.24) is 10.0 Å². The molecule has 0 aliphatic rings. The molecule has 9 nitrogen and oxygen atoms in total. The van der Waals surface area contributed by atoms with Crippen LogP contribution in [0, 0.1) is 10.1 Å². The lowest BCUT2D eigenvalue weighted by Gasteiger charge is -2.07. The zero-order chi connectivity index (χ0) is 15.2. The minimum atomic E-state index is -4.01. The number of nitro benzene ring substituents is 1. The number of halogens is 1. The number of benzene rings is 1. The van der Waals surface area contributed by atoms with E-state index >= 15 is 0 Å². The summed E-state index contributed by atoms with van der Waals surface area (Å²) in [6.45, 7) is -0.257. The van der Waals surface area contributed by atoms with Crippen molar-refractivity contribution in [1.29, 1.82) is 0 Å². The lowest BCUT2D eigenvalue weighted by Crippen LogP contribution is -2.37. The van der Waals surface area contributed by atoms with Crippen molar-refractivity contribution >= 4 is 34.0 Å². The molecule has 0 radical (unpaired) electrons. The predicted molar refractivity (Wildman–Crippen MR) is 77.6 cm³/mol. The molecule has 0 saturated heterocycles. The fourth-order valence-electron chi connectivity index (χ4n) is 1.37. The molecule has 0 aliphatic heterocycles. The number of nitrogens with two attached hydrogens (primary N) is 1. The van der Waals surface area contributed by atoms with Gasteiger partial charge in [-0.05, 0) is 6.07 Å². The van der Waals surface area contributed by atoms with E-state index in [0.29, 0.717) is 0 Å². The summed E-state index contributed by atoms with van der Waals surface area (Å²) >= 11 is 0. The van der Waals surface area contributed by atoms with Crippen LogP contribution in [0.5, 0.6) is 0 Å². The van der Waals surface area contributed by atoms with Crippen molar-refractivity contribution in [3.8, 4) is 0 Å². The number of carbonyl (C=O) groups is 1. The molecule has 1 rings (SSSR count). The molecule has 1 aromatic rings. The van der Waals surface area contributed by atoms with E-state index in [1.54, 1.807) is 0 Å². The highest BCUT2D eigenvalue weighted by atomic mass is 35.5. The monoisotopic (exact) mass is 338 g/mol. The zero-order valence-electron chi connectivity index (χ0n) is 10.8. The smallest absolute Gasteiger partial charge is 0.289 e. The molecule has 0 unspecified atom stereocenters. The number of para-hydroxylation sites is 1. The number of nitrogens with zero attached hydrogens (tertiary/aromatic N) is 1. The van der Waals surface area contributed by atoms with Gasteiger partial charge in [-0.3, -0.25) is 14.9 Å². The molecule has 118 valence electrons. The van der Waals surface area contributed by atoms with Crippen molar-refractivity contribution in [3.63, 3.8) is 0 Å². The molecule has 0 aliphatic carbocycles. The minimum Gasteiger partial charge on any atom is -0.354 e. The van der Waals surface area contributed by atoms with Crippen LogP contribution in [0.25, 0.3) is 0 Å². The highest BCUT2D eigenvalue weighted by Crippen LogP contribution is 2.22. The van der Waals surface area contributed by atoms with Crippen molar-refractivity contribution in [2.75, 3.05) is 19.6 Å². The van der Waals surface area contributed by atoms with Crippen molar-refractivity contribution in [3.05, 3.63) is 34.4 Å². The average molecular weight is 339 g/mol. The first-order valence-electron chi connectivity index (χ1n) is 5.58. The maximum Gasteiger partial charge on any atom is 0.289 e. The number of hydrogen-bond acceptors (Lipinski definition) is 6. The molecular weight excluding hydrogens is 324 g/mol. The second-order valence-corrected chi connectivity index (χ2v) is 5.41. The third-order valence-electron chi connectivity index (χ3n) is 2.28. The van der Waals surface area contributed by atoms with Crippen LogP contribution in [-0.4, -0.2) is 38.9 Å². The Hall–Kier alpha value is -1.75. The van der Waals surface area contributed by atoms with Gasteiger partial charge in [0.2, 0.25) is 15.9 Å². The molecule has 1 aromatic carbocycles. The molecule has 4 N–H and O–H groups in total. The summed E-state index contributed by atoms with van der Waals surface area (Å²) in [7, 11) is -4.01. The average Bonchev–Trinajstić information content (AvgIpc) is 2.43. The summed E-state index contributed by atoms with van der Waals surface area (Å²) in [6.07, 6.45) is 0. The van der Waals surface area contributed by atoms with Gasteiger partial charge in [0.1, 0.15) is 0 Å². The van der Waals surface area contributed by atoms with Crippen LogP contribution >= 0.6 is 12.4 Å². The Kier molecular flexibility index (Phi) is 7.81. The van der Waals surface area contributed by atoms with Crippen molar-refractivity contribution in [2.45, 2.75) is 4.90 Å². The van der Waals surface area contributed by atoms with E-state index in [2.05, 4.69) is 10.0 Å². The molecule has 21 heavy (non-hydrogen) atoms. The van der Waals surface area contributed by atoms with Gasteiger partial charge < -0.3 is 11.1 Å². The molecule has 0 atom stereocenters. The molecule has 11 heteroatoms. The van der Waals surface area contributed by atoms with Crippen LogP contribution in [0.15, 0.2) is 29.2 Å². The van der Waals surface area contributed by atoms with E-state index < -0.39 is 31.4 Å². The van der Waals surface area contributed by atoms with Gasteiger partial charge in [-0.1, -0.05) is 12.1 Å². The number of carbonyl (C=O) groups excluding carboxylic acids is 1. The fraction of sp³-hybridized carbons (Fsp3) is 0.300. The van der Waals surface area contributed by atoms with E-state index in [-0.39, 0.29) is 32.0 Å². The molecule has 0 heterocycles. The lowest BCUT2D eigenvalue weighted by molar-refractivity contribution is -0.387. The topological polar surface area (TPSA) is 144 Å². The first-order chi connectivity index (χ1) is 9.38. The van der Waals surface area contributed by atoms with E-state index in [9.17, 15) is 23.3 Å². The number of rotatable bonds is 7. The molecule has 0 aromatic heterocycles. The van der Waals surface area contributed by atoms with Gasteiger partial charge in [-0.2, -0.15) is 0 Å². The van der Waals surface area contributed by atoms with Gasteiger partial charge in [-0.15, -0.1) is 12.4 Å². The molecule has 0 bridgehead atoms. The molecule has 0 saturated carbocycles. The van der Waals surface area contributed by atoms with Gasteiger partial charge in [0.05, 0.1) is 11.5 Å². The van der Waals surface area contributed by atoms with Crippen LogP contribution < -0.4 is 15.8 Å². The Bertz CT molecular complexity index is 607. The summed E-state index contributed by atoms with van der Waals surface area (Å²) in [6, 6.07) is 5.00. The molecule has 0 fully saturated rings. The van der Waals surface area contributed by atoms with Gasteiger partial charge in [0.25, 0.3) is 5.69 Å². The second kappa shape index (κ2) is 8.52. The quantitative estimate of drug-likeness (QED) is 0.343. The number of nitro groups is 1. The highest BCUT2D eigenvalue weighted by molar-refractivity contribution is 7.89. The maximum absolute atomic E-state index is 11.9. The van der Waals surface area contributed by atoms with Gasteiger partial charge in [0, 0.05) is 19.2 Å². The van der Waals surface area contributed by atoms with Crippen molar-refractivity contribution < 1.29 is 18.1 Å². The Balaban J connectivity index is 0.00000400. The normalized spacial score (nSPS) is 10.5. The van der Waals surface area contributed by atoms with Crippen LogP contribution in [0.2, 0.25) is 0 Å². The Morgan fingerprint density at radius 2 is 1.90 bits per heavy atom. The first kappa shape index (κ1) is 19.2. The lowest BCUT2D eigenvalue weighted by atomic mass is 10.3. The van der Waals surface area contributed by atoms with Gasteiger partial charge in [0.15, 0.2) is 4.90 Å². The van der Waals surface area contributed by atoms with E-state index in [1.807, 2.05) is 0 Å². The predicted octanol–water partition coefficient (Wildman–Crippen LogP) is -0.630. The Morgan fingerprint density at radius 3 is 2.48 bits per heavy atom. The third-order valence-corrected chi connectivity index (χ3v) is 3.78. The Morgan fingerprint density at radius 1 is 1.29 bits per heavy atom. The maximum atomic E-state index is 11.9.